The molecule has 0 fully saturated rings. The van der Waals surface area contributed by atoms with Crippen LogP contribution in [-0.2, 0) is 0 Å². The predicted octanol–water partition coefficient (Wildman–Crippen LogP) is 1.44. The molecule has 0 aliphatic rings. The SMILES string of the molecule is c1nc2ccc3[nH][nH]cc3c2n1. The van der Waals surface area contributed by atoms with Crippen LogP contribution in [-0.4, -0.2) is 20.2 Å². The maximum Gasteiger partial charge on any atom is 0.116 e. The summed E-state index contributed by atoms with van der Waals surface area (Å²) in [6, 6.07) is 3.94. The highest BCUT2D eigenvalue weighted by Crippen LogP contribution is 2.19. The first-order chi connectivity index (χ1) is 5.95. The molecule has 0 spiro atoms. The van der Waals surface area contributed by atoms with E-state index in [1.54, 1.807) is 6.33 Å². The Morgan fingerprint density at radius 1 is 1.17 bits per heavy atom. The van der Waals surface area contributed by atoms with Crippen LogP contribution in [0.5, 0.6) is 0 Å². The van der Waals surface area contributed by atoms with Gasteiger partial charge in [-0.05, 0) is 12.1 Å². The Hall–Kier alpha value is -1.84. The van der Waals surface area contributed by atoms with E-state index < -0.39 is 0 Å². The summed E-state index contributed by atoms with van der Waals surface area (Å²) in [4.78, 5) is 8.28. The molecule has 2 N–H and O–H groups in total. The normalized spacial score (nSPS) is 11.3. The Labute approximate surface area is 67.6 Å². The van der Waals surface area contributed by atoms with Crippen LogP contribution in [0.15, 0.2) is 24.7 Å². The lowest BCUT2D eigenvalue weighted by Gasteiger charge is -1.87. The van der Waals surface area contributed by atoms with Gasteiger partial charge in [0, 0.05) is 11.6 Å². The van der Waals surface area contributed by atoms with Crippen molar-refractivity contribution in [2.24, 2.45) is 0 Å². The smallest absolute Gasteiger partial charge is 0.116 e. The van der Waals surface area contributed by atoms with Gasteiger partial charge in [0.1, 0.15) is 11.8 Å². The van der Waals surface area contributed by atoms with Crippen LogP contribution in [0, 0.1) is 0 Å². The minimum absolute atomic E-state index is 0.940. The summed E-state index contributed by atoms with van der Waals surface area (Å²) in [6.45, 7) is 0. The average Bonchev–Trinajstić information content (AvgIpc) is 2.71. The molecule has 12 heavy (non-hydrogen) atoms. The molecule has 0 amide bonds. The van der Waals surface area contributed by atoms with Crippen molar-refractivity contribution in [3.05, 3.63) is 24.7 Å². The molecule has 0 aliphatic carbocycles. The van der Waals surface area contributed by atoms with Crippen molar-refractivity contribution in [2.45, 2.75) is 0 Å². The molecule has 4 heteroatoms. The molecule has 3 rings (SSSR count). The number of hydrogen-bond donors (Lipinski definition) is 2. The van der Waals surface area contributed by atoms with Crippen LogP contribution < -0.4 is 0 Å². The quantitative estimate of drug-likeness (QED) is 0.520. The van der Waals surface area contributed by atoms with Crippen LogP contribution >= 0.6 is 0 Å². The van der Waals surface area contributed by atoms with E-state index in [2.05, 4.69) is 20.2 Å². The van der Waals surface area contributed by atoms with Gasteiger partial charge in [0.15, 0.2) is 0 Å². The van der Waals surface area contributed by atoms with Crippen LogP contribution in [0.2, 0.25) is 0 Å². The van der Waals surface area contributed by atoms with Crippen molar-refractivity contribution in [2.75, 3.05) is 0 Å². The van der Waals surface area contributed by atoms with Crippen LogP contribution in [0.25, 0.3) is 21.9 Å². The number of H-pyrrole nitrogens is 2. The van der Waals surface area contributed by atoms with Gasteiger partial charge in [-0.25, -0.2) is 9.97 Å². The Morgan fingerprint density at radius 2 is 2.17 bits per heavy atom. The molecule has 4 nitrogen and oxygen atoms in total. The third-order valence-electron chi connectivity index (χ3n) is 2.00. The molecule has 3 aromatic rings. The highest BCUT2D eigenvalue weighted by atomic mass is 15.1. The molecule has 0 atom stereocenters. The molecule has 58 valence electrons. The summed E-state index contributed by atoms with van der Waals surface area (Å²) < 4.78 is 0. The zero-order valence-corrected chi connectivity index (χ0v) is 6.20. The first-order valence-electron chi connectivity index (χ1n) is 3.70. The van der Waals surface area contributed by atoms with Crippen LogP contribution in [0.1, 0.15) is 0 Å². The number of nitrogens with zero attached hydrogens (tertiary/aromatic N) is 2. The molecule has 0 bridgehead atoms. The number of rotatable bonds is 0. The molecule has 2 aromatic heterocycles. The fraction of sp³-hybridized carbons (Fsp3) is 0. The molecule has 0 aliphatic heterocycles. The number of nitrogens with one attached hydrogen (secondary N) is 2. The van der Waals surface area contributed by atoms with Crippen molar-refractivity contribution in [1.29, 1.82) is 0 Å². The molecule has 0 unspecified atom stereocenters. The second kappa shape index (κ2) is 1.85. The lowest BCUT2D eigenvalue weighted by Crippen LogP contribution is -1.71. The van der Waals surface area contributed by atoms with Gasteiger partial charge < -0.3 is 10.2 Å². The van der Waals surface area contributed by atoms with Crippen LogP contribution in [0.3, 0.4) is 0 Å². The van der Waals surface area contributed by atoms with E-state index in [4.69, 9.17) is 0 Å². The second-order valence-electron chi connectivity index (χ2n) is 2.68. The number of aromatic amines is 2. The average molecular weight is 158 g/mol. The number of hydrogen-bond acceptors (Lipinski definition) is 2. The maximum atomic E-state index is 4.17. The molecule has 0 saturated heterocycles. The molecular formula is C8H6N4. The molecule has 2 heterocycles. The summed E-state index contributed by atoms with van der Waals surface area (Å²) in [6.07, 6.45) is 3.48. The van der Waals surface area contributed by atoms with Gasteiger partial charge in [0.2, 0.25) is 0 Å². The van der Waals surface area contributed by atoms with Crippen molar-refractivity contribution in [3.63, 3.8) is 0 Å². The zero-order chi connectivity index (χ0) is 7.97. The highest BCUT2D eigenvalue weighted by molar-refractivity contribution is 6.01. The number of imidazole rings is 1. The summed E-state index contributed by atoms with van der Waals surface area (Å²) in [5.74, 6) is 0. The summed E-state index contributed by atoms with van der Waals surface area (Å²) in [7, 11) is 0. The maximum absolute atomic E-state index is 4.17. The fourth-order valence-corrected chi connectivity index (χ4v) is 1.43. The van der Waals surface area contributed by atoms with Crippen LogP contribution in [0.4, 0.5) is 0 Å². The monoisotopic (exact) mass is 158 g/mol. The lowest BCUT2D eigenvalue weighted by molar-refractivity contribution is 1.12. The van der Waals surface area contributed by atoms with E-state index in [0.717, 1.165) is 21.9 Å². The Kier molecular flexibility index (Phi) is 0.889. The molecule has 1 aromatic carbocycles. The minimum atomic E-state index is 0.940. The third kappa shape index (κ3) is 0.567. The van der Waals surface area contributed by atoms with Crippen molar-refractivity contribution < 1.29 is 0 Å². The Balaban J connectivity index is 2.71. The fourth-order valence-electron chi connectivity index (χ4n) is 1.43. The van der Waals surface area contributed by atoms with Crippen molar-refractivity contribution in [3.8, 4) is 0 Å². The number of fused-ring (bicyclic) bond motifs is 3. The Bertz CT molecular complexity index is 484. The summed E-state index contributed by atoms with van der Waals surface area (Å²) in [5, 5.41) is 7.02. The first kappa shape index (κ1) is 5.77. The predicted molar refractivity (Wildman–Crippen MR) is 45.7 cm³/mol. The molecular weight excluding hydrogens is 152 g/mol. The second-order valence-corrected chi connectivity index (χ2v) is 2.68. The first-order valence-corrected chi connectivity index (χ1v) is 3.70. The van der Waals surface area contributed by atoms with Gasteiger partial charge >= 0.3 is 0 Å². The largest absolute Gasteiger partial charge is 0.307 e. The van der Waals surface area contributed by atoms with Gasteiger partial charge in [-0.3, -0.25) is 0 Å². The van der Waals surface area contributed by atoms with E-state index in [1.165, 1.54) is 0 Å². The van der Waals surface area contributed by atoms with Gasteiger partial charge in [0.25, 0.3) is 0 Å². The molecule has 0 radical (unpaired) electrons. The van der Waals surface area contributed by atoms with Crippen molar-refractivity contribution in [1.82, 2.24) is 20.2 Å². The zero-order valence-electron chi connectivity index (χ0n) is 6.20. The lowest BCUT2D eigenvalue weighted by atomic mass is 10.2. The van der Waals surface area contributed by atoms with Gasteiger partial charge in [-0.2, -0.15) is 0 Å². The third-order valence-corrected chi connectivity index (χ3v) is 2.00. The number of benzene rings is 1. The van der Waals surface area contributed by atoms with Gasteiger partial charge in [0.05, 0.1) is 11.0 Å². The summed E-state index contributed by atoms with van der Waals surface area (Å²) >= 11 is 0. The highest BCUT2D eigenvalue weighted by Gasteiger charge is 2.02. The van der Waals surface area contributed by atoms with Gasteiger partial charge in [-0.15, -0.1) is 0 Å². The number of aromatic nitrogens is 4. The van der Waals surface area contributed by atoms with E-state index in [0.29, 0.717) is 0 Å². The summed E-state index contributed by atoms with van der Waals surface area (Å²) in [5.41, 5.74) is 2.95. The molecule has 0 saturated carbocycles. The van der Waals surface area contributed by atoms with Crippen molar-refractivity contribution >= 4 is 21.9 Å². The van der Waals surface area contributed by atoms with E-state index in [9.17, 15) is 0 Å². The van der Waals surface area contributed by atoms with E-state index in [1.807, 2.05) is 18.3 Å². The topological polar surface area (TPSA) is 57.4 Å². The van der Waals surface area contributed by atoms with E-state index >= 15 is 0 Å². The van der Waals surface area contributed by atoms with Gasteiger partial charge in [-0.1, -0.05) is 0 Å². The standard InChI is InChI=1S/C8H6N4/c1-2-7-8(10-4-9-7)5-3-11-12-6(1)5/h1-4,11-12H. The minimum Gasteiger partial charge on any atom is -0.307 e. The van der Waals surface area contributed by atoms with E-state index in [-0.39, 0.29) is 0 Å². The Morgan fingerprint density at radius 3 is 3.17 bits per heavy atom.